The van der Waals surface area contributed by atoms with Crippen LogP contribution in [-0.4, -0.2) is 51.3 Å². The predicted molar refractivity (Wildman–Crippen MR) is 45.1 cm³/mol. The second-order valence-corrected chi connectivity index (χ2v) is 3.24. The number of hydrogen-bond acceptors (Lipinski definition) is 6. The first-order chi connectivity index (χ1) is 7.09. The monoisotopic (exact) mass is 212 g/mol. The summed E-state index contributed by atoms with van der Waals surface area (Å²) >= 11 is 0. The van der Waals surface area contributed by atoms with E-state index in [4.69, 9.17) is 10.8 Å². The van der Waals surface area contributed by atoms with E-state index in [9.17, 15) is 9.59 Å². The highest BCUT2D eigenvalue weighted by molar-refractivity contribution is 6.02. The minimum absolute atomic E-state index is 0.0536. The van der Waals surface area contributed by atoms with Gasteiger partial charge in [0.05, 0.1) is 0 Å². The summed E-state index contributed by atoms with van der Waals surface area (Å²) < 4.78 is 4.21. The Bertz CT molecular complexity index is 409. The summed E-state index contributed by atoms with van der Waals surface area (Å²) in [7, 11) is 0. The molecule has 1 aliphatic heterocycles. The summed E-state index contributed by atoms with van der Waals surface area (Å²) in [6, 6.07) is -0.0536. The van der Waals surface area contributed by atoms with E-state index in [1.54, 1.807) is 0 Å². The van der Waals surface area contributed by atoms with Crippen molar-refractivity contribution >= 4 is 11.9 Å². The minimum atomic E-state index is -1.34. The zero-order valence-electron chi connectivity index (χ0n) is 7.58. The molecule has 0 atom stereocenters. The SMILES string of the molecule is NC1CN(C(=O)c2nonc2C(=O)O)C1. The third-order valence-corrected chi connectivity index (χ3v) is 2.09. The molecule has 80 valence electrons. The average Bonchev–Trinajstić information content (AvgIpc) is 2.60. The Labute approximate surface area is 83.6 Å². The number of nitrogens with two attached hydrogens (primary N) is 1. The van der Waals surface area contributed by atoms with Gasteiger partial charge in [0.1, 0.15) is 0 Å². The highest BCUT2D eigenvalue weighted by Crippen LogP contribution is 2.12. The smallest absolute Gasteiger partial charge is 0.360 e. The van der Waals surface area contributed by atoms with E-state index in [0.29, 0.717) is 13.1 Å². The van der Waals surface area contributed by atoms with Gasteiger partial charge < -0.3 is 15.7 Å². The second-order valence-electron chi connectivity index (χ2n) is 3.24. The van der Waals surface area contributed by atoms with E-state index in [-0.39, 0.29) is 11.7 Å². The number of hydrogen-bond donors (Lipinski definition) is 2. The molecular weight excluding hydrogens is 204 g/mol. The molecule has 15 heavy (non-hydrogen) atoms. The number of amides is 1. The number of carboxylic acids is 1. The van der Waals surface area contributed by atoms with Gasteiger partial charge in [0, 0.05) is 19.1 Å². The van der Waals surface area contributed by atoms with E-state index < -0.39 is 17.6 Å². The summed E-state index contributed by atoms with van der Waals surface area (Å²) in [6.45, 7) is 0.787. The Kier molecular flexibility index (Phi) is 2.12. The Morgan fingerprint density at radius 3 is 2.53 bits per heavy atom. The van der Waals surface area contributed by atoms with Crippen molar-refractivity contribution in [3.8, 4) is 0 Å². The fourth-order valence-corrected chi connectivity index (χ4v) is 1.30. The van der Waals surface area contributed by atoms with Crippen molar-refractivity contribution in [2.24, 2.45) is 5.73 Å². The summed E-state index contributed by atoms with van der Waals surface area (Å²) in [5.41, 5.74) is 4.73. The van der Waals surface area contributed by atoms with E-state index in [0.717, 1.165) is 0 Å². The van der Waals surface area contributed by atoms with Gasteiger partial charge in [-0.25, -0.2) is 9.42 Å². The van der Waals surface area contributed by atoms with Crippen LogP contribution in [0.2, 0.25) is 0 Å². The molecule has 1 aromatic rings. The van der Waals surface area contributed by atoms with Gasteiger partial charge in [0.2, 0.25) is 11.4 Å². The van der Waals surface area contributed by atoms with Crippen molar-refractivity contribution in [2.45, 2.75) is 6.04 Å². The molecule has 2 rings (SSSR count). The normalized spacial score (nSPS) is 16.2. The van der Waals surface area contributed by atoms with Gasteiger partial charge in [-0.2, -0.15) is 0 Å². The van der Waals surface area contributed by atoms with Crippen LogP contribution < -0.4 is 5.73 Å². The third kappa shape index (κ3) is 1.54. The standard InChI is InChI=1S/C7H8N4O4/c8-3-1-11(2-3)6(12)4-5(7(13)14)10-15-9-4/h3H,1-2,8H2,(H,13,14). The zero-order chi connectivity index (χ0) is 11.0. The first-order valence-electron chi connectivity index (χ1n) is 4.20. The molecular formula is C7H8N4O4. The molecule has 0 aliphatic carbocycles. The number of nitrogens with zero attached hydrogens (tertiary/aromatic N) is 3. The number of rotatable bonds is 2. The molecule has 2 heterocycles. The van der Waals surface area contributed by atoms with Crippen LogP contribution in [0.15, 0.2) is 4.63 Å². The van der Waals surface area contributed by atoms with Crippen molar-refractivity contribution in [1.29, 1.82) is 0 Å². The summed E-state index contributed by atoms with van der Waals surface area (Å²) in [6.07, 6.45) is 0. The van der Waals surface area contributed by atoms with Crippen molar-refractivity contribution in [3.05, 3.63) is 11.4 Å². The number of aromatic nitrogens is 2. The molecule has 3 N–H and O–H groups in total. The Morgan fingerprint density at radius 2 is 2.00 bits per heavy atom. The lowest BCUT2D eigenvalue weighted by molar-refractivity contribution is 0.0583. The predicted octanol–water partition coefficient (Wildman–Crippen LogP) is -1.45. The van der Waals surface area contributed by atoms with Gasteiger partial charge in [-0.3, -0.25) is 4.79 Å². The molecule has 0 saturated carbocycles. The van der Waals surface area contributed by atoms with Gasteiger partial charge in [-0.1, -0.05) is 0 Å². The van der Waals surface area contributed by atoms with Crippen LogP contribution in [0.3, 0.4) is 0 Å². The van der Waals surface area contributed by atoms with Crippen molar-refractivity contribution in [2.75, 3.05) is 13.1 Å². The van der Waals surface area contributed by atoms with E-state index in [2.05, 4.69) is 14.9 Å². The highest BCUT2D eigenvalue weighted by atomic mass is 16.6. The largest absolute Gasteiger partial charge is 0.476 e. The topological polar surface area (TPSA) is 123 Å². The van der Waals surface area contributed by atoms with Gasteiger partial charge >= 0.3 is 5.97 Å². The first-order valence-corrected chi connectivity index (χ1v) is 4.20. The van der Waals surface area contributed by atoms with Crippen LogP contribution >= 0.6 is 0 Å². The lowest BCUT2D eigenvalue weighted by Crippen LogP contribution is -2.58. The van der Waals surface area contributed by atoms with Crippen LogP contribution in [0.5, 0.6) is 0 Å². The number of likely N-dealkylation sites (tertiary alicyclic amines) is 1. The van der Waals surface area contributed by atoms with Crippen LogP contribution in [0.4, 0.5) is 0 Å². The molecule has 0 spiro atoms. The van der Waals surface area contributed by atoms with Crippen molar-refractivity contribution in [1.82, 2.24) is 15.2 Å². The Morgan fingerprint density at radius 1 is 1.40 bits per heavy atom. The molecule has 1 amide bonds. The molecule has 1 fully saturated rings. The van der Waals surface area contributed by atoms with Crippen LogP contribution in [0.25, 0.3) is 0 Å². The van der Waals surface area contributed by atoms with Crippen molar-refractivity contribution < 1.29 is 19.3 Å². The molecule has 8 heteroatoms. The minimum Gasteiger partial charge on any atom is -0.476 e. The number of carbonyl (C=O) groups is 2. The van der Waals surface area contributed by atoms with Crippen LogP contribution in [0.1, 0.15) is 21.0 Å². The lowest BCUT2D eigenvalue weighted by atomic mass is 10.1. The summed E-state index contributed by atoms with van der Waals surface area (Å²) in [5, 5.41) is 15.1. The van der Waals surface area contributed by atoms with Crippen LogP contribution in [-0.2, 0) is 0 Å². The fraction of sp³-hybridized carbons (Fsp3) is 0.429. The quantitative estimate of drug-likeness (QED) is 0.614. The van der Waals surface area contributed by atoms with E-state index in [1.165, 1.54) is 4.90 Å². The lowest BCUT2D eigenvalue weighted by Gasteiger charge is -2.36. The van der Waals surface area contributed by atoms with Gasteiger partial charge in [-0.15, -0.1) is 0 Å². The van der Waals surface area contributed by atoms with E-state index >= 15 is 0 Å². The van der Waals surface area contributed by atoms with Gasteiger partial charge in [-0.05, 0) is 10.3 Å². The second kappa shape index (κ2) is 3.31. The molecule has 1 aliphatic rings. The maximum Gasteiger partial charge on any atom is 0.360 e. The third-order valence-electron chi connectivity index (χ3n) is 2.09. The zero-order valence-corrected chi connectivity index (χ0v) is 7.58. The molecule has 0 aromatic carbocycles. The van der Waals surface area contributed by atoms with Crippen molar-refractivity contribution in [3.63, 3.8) is 0 Å². The molecule has 1 aromatic heterocycles. The summed E-state index contributed by atoms with van der Waals surface area (Å²) in [5.74, 6) is -1.86. The van der Waals surface area contributed by atoms with Crippen LogP contribution in [0, 0.1) is 0 Å². The van der Waals surface area contributed by atoms with Gasteiger partial charge in [0.15, 0.2) is 0 Å². The Hall–Kier alpha value is -1.96. The highest BCUT2D eigenvalue weighted by Gasteiger charge is 2.33. The molecule has 8 nitrogen and oxygen atoms in total. The first kappa shape index (κ1) is 9.59. The number of carbonyl (C=O) groups excluding carboxylic acids is 1. The average molecular weight is 212 g/mol. The number of aromatic carboxylic acids is 1. The maximum absolute atomic E-state index is 11.6. The fourth-order valence-electron chi connectivity index (χ4n) is 1.30. The summed E-state index contributed by atoms with van der Waals surface area (Å²) in [4.78, 5) is 23.6. The molecule has 0 bridgehead atoms. The molecule has 0 unspecified atom stereocenters. The van der Waals surface area contributed by atoms with E-state index in [1.807, 2.05) is 0 Å². The number of carboxylic acid groups (broad SMARTS) is 1. The Balaban J connectivity index is 2.19. The molecule has 0 radical (unpaired) electrons. The van der Waals surface area contributed by atoms with Gasteiger partial charge in [0.25, 0.3) is 5.91 Å². The molecule has 1 saturated heterocycles. The maximum atomic E-state index is 11.6.